The van der Waals surface area contributed by atoms with Crippen LogP contribution in [0.15, 0.2) is 68.5 Å². The molecule has 1 heterocycles. The van der Waals surface area contributed by atoms with Crippen molar-refractivity contribution in [3.05, 3.63) is 76.0 Å². The van der Waals surface area contributed by atoms with Crippen molar-refractivity contribution in [2.24, 2.45) is 5.14 Å². The molecule has 0 fully saturated rings. The van der Waals surface area contributed by atoms with Crippen molar-refractivity contribution in [1.82, 2.24) is 5.16 Å². The van der Waals surface area contributed by atoms with E-state index in [9.17, 15) is 18.0 Å². The number of nitrogens with one attached hydrogen (secondary N) is 1. The van der Waals surface area contributed by atoms with Crippen molar-refractivity contribution in [2.45, 2.75) is 17.9 Å². The summed E-state index contributed by atoms with van der Waals surface area (Å²) < 4.78 is 33.8. The van der Waals surface area contributed by atoms with Crippen molar-refractivity contribution in [3.8, 4) is 0 Å². The summed E-state index contributed by atoms with van der Waals surface area (Å²) in [6.45, 7) is 1.66. The van der Waals surface area contributed by atoms with Crippen molar-refractivity contribution in [1.29, 1.82) is 0 Å². The van der Waals surface area contributed by atoms with Crippen LogP contribution in [0.4, 0.5) is 5.82 Å². The molecule has 11 heteroatoms. The van der Waals surface area contributed by atoms with Gasteiger partial charge in [0.25, 0.3) is 5.91 Å². The second kappa shape index (κ2) is 8.78. The lowest BCUT2D eigenvalue weighted by Crippen LogP contribution is -2.26. The first-order valence-electron chi connectivity index (χ1n) is 8.47. The van der Waals surface area contributed by atoms with Crippen molar-refractivity contribution in [2.75, 3.05) is 5.32 Å². The highest BCUT2D eigenvalue weighted by Crippen LogP contribution is 2.26. The zero-order valence-corrected chi connectivity index (χ0v) is 17.9. The molecule has 0 aliphatic heterocycles. The standard InChI is InChI=1S/C19H16BrN3O6S/c1-11-9-16(23-29-11)22-18(24)17(12-5-3-2-4-6-12)28-19(25)14-10-13(30(21,26)27)7-8-15(14)20/h2-10,17H,1H3,(H2,21,26,27)(H,22,23,24). The Morgan fingerprint density at radius 2 is 1.87 bits per heavy atom. The Morgan fingerprint density at radius 1 is 1.17 bits per heavy atom. The van der Waals surface area contributed by atoms with Crippen LogP contribution in [0.5, 0.6) is 0 Å². The number of primary sulfonamides is 1. The lowest BCUT2D eigenvalue weighted by molar-refractivity contribution is -0.125. The number of nitrogens with zero attached hydrogens (tertiary/aromatic N) is 1. The number of carbonyl (C=O) groups excluding carboxylic acids is 2. The Morgan fingerprint density at radius 3 is 2.47 bits per heavy atom. The van der Waals surface area contributed by atoms with Crippen LogP contribution >= 0.6 is 15.9 Å². The normalized spacial score (nSPS) is 12.2. The third kappa shape index (κ3) is 5.12. The predicted molar refractivity (Wildman–Crippen MR) is 110 cm³/mol. The third-order valence-electron chi connectivity index (χ3n) is 3.93. The molecular weight excluding hydrogens is 478 g/mol. The number of aromatic nitrogens is 1. The van der Waals surface area contributed by atoms with Gasteiger partial charge in [-0.15, -0.1) is 0 Å². The number of anilines is 1. The highest BCUT2D eigenvalue weighted by molar-refractivity contribution is 9.10. The first-order valence-corrected chi connectivity index (χ1v) is 10.8. The Balaban J connectivity index is 1.92. The molecule has 0 saturated carbocycles. The maximum atomic E-state index is 12.8. The highest BCUT2D eigenvalue weighted by atomic mass is 79.9. The molecular formula is C19H16BrN3O6S. The Hall–Kier alpha value is -3.02. The van der Waals surface area contributed by atoms with Gasteiger partial charge in [-0.1, -0.05) is 35.5 Å². The Bertz CT molecular complexity index is 1190. The van der Waals surface area contributed by atoms with Crippen LogP contribution in [0, 0.1) is 6.92 Å². The van der Waals surface area contributed by atoms with E-state index >= 15 is 0 Å². The number of hydrogen-bond acceptors (Lipinski definition) is 7. The number of benzene rings is 2. The summed E-state index contributed by atoms with van der Waals surface area (Å²) >= 11 is 3.18. The molecule has 0 aliphatic rings. The fourth-order valence-electron chi connectivity index (χ4n) is 2.53. The maximum Gasteiger partial charge on any atom is 0.340 e. The molecule has 156 valence electrons. The van der Waals surface area contributed by atoms with Crippen LogP contribution in [-0.2, 0) is 19.6 Å². The van der Waals surface area contributed by atoms with E-state index in [2.05, 4.69) is 26.4 Å². The van der Waals surface area contributed by atoms with E-state index in [0.29, 0.717) is 11.3 Å². The summed E-state index contributed by atoms with van der Waals surface area (Å²) in [4.78, 5) is 25.3. The third-order valence-corrected chi connectivity index (χ3v) is 5.53. The molecule has 1 unspecified atom stereocenters. The Labute approximate surface area is 180 Å². The number of aryl methyl sites for hydroxylation is 1. The summed E-state index contributed by atoms with van der Waals surface area (Å²) in [7, 11) is -4.04. The van der Waals surface area contributed by atoms with E-state index in [4.69, 9.17) is 14.4 Å². The van der Waals surface area contributed by atoms with Gasteiger partial charge in [0.2, 0.25) is 16.1 Å². The molecule has 3 aromatic rings. The van der Waals surface area contributed by atoms with Gasteiger partial charge in [-0.2, -0.15) is 0 Å². The van der Waals surface area contributed by atoms with E-state index in [0.717, 1.165) is 6.07 Å². The largest absolute Gasteiger partial charge is 0.444 e. The van der Waals surface area contributed by atoms with Gasteiger partial charge in [-0.25, -0.2) is 18.4 Å². The molecule has 0 saturated heterocycles. The number of sulfonamides is 1. The van der Waals surface area contributed by atoms with Crippen LogP contribution in [-0.4, -0.2) is 25.5 Å². The van der Waals surface area contributed by atoms with Gasteiger partial charge in [0.15, 0.2) is 5.82 Å². The predicted octanol–water partition coefficient (Wildman–Crippen LogP) is 2.93. The fourth-order valence-corrected chi connectivity index (χ4v) is 3.47. The van der Waals surface area contributed by atoms with Gasteiger partial charge >= 0.3 is 5.97 Å². The number of carbonyl (C=O) groups is 2. The molecule has 0 spiro atoms. The topological polar surface area (TPSA) is 142 Å². The van der Waals surface area contributed by atoms with E-state index in [1.807, 2.05) is 0 Å². The monoisotopic (exact) mass is 493 g/mol. The van der Waals surface area contributed by atoms with Gasteiger partial charge in [0.1, 0.15) is 5.76 Å². The molecule has 30 heavy (non-hydrogen) atoms. The van der Waals surface area contributed by atoms with E-state index < -0.39 is 28.0 Å². The summed E-state index contributed by atoms with van der Waals surface area (Å²) in [6.07, 6.45) is -1.33. The number of amides is 1. The number of halogens is 1. The van der Waals surface area contributed by atoms with Crippen molar-refractivity contribution in [3.63, 3.8) is 0 Å². The number of rotatable bonds is 6. The van der Waals surface area contributed by atoms with Crippen LogP contribution < -0.4 is 10.5 Å². The van der Waals surface area contributed by atoms with Gasteiger partial charge < -0.3 is 14.6 Å². The molecule has 1 atom stereocenters. The van der Waals surface area contributed by atoms with E-state index in [-0.39, 0.29) is 20.7 Å². The number of esters is 1. The number of hydrogen-bond donors (Lipinski definition) is 2. The van der Waals surface area contributed by atoms with Crippen LogP contribution in [0.2, 0.25) is 0 Å². The molecule has 0 bridgehead atoms. The quantitative estimate of drug-likeness (QED) is 0.502. The highest BCUT2D eigenvalue weighted by Gasteiger charge is 2.28. The van der Waals surface area contributed by atoms with Crippen molar-refractivity contribution < 1.29 is 27.3 Å². The molecule has 3 N–H and O–H groups in total. The van der Waals surface area contributed by atoms with Gasteiger partial charge in [-0.05, 0) is 41.1 Å². The zero-order valence-electron chi connectivity index (χ0n) is 15.5. The van der Waals surface area contributed by atoms with E-state index in [1.54, 1.807) is 37.3 Å². The molecule has 0 radical (unpaired) electrons. The molecule has 9 nitrogen and oxygen atoms in total. The fraction of sp³-hybridized carbons (Fsp3) is 0.105. The molecule has 1 amide bonds. The zero-order chi connectivity index (χ0) is 21.9. The first-order chi connectivity index (χ1) is 14.1. The average Bonchev–Trinajstić information content (AvgIpc) is 3.10. The summed E-state index contributed by atoms with van der Waals surface area (Å²) in [5, 5.41) is 11.3. The molecule has 3 rings (SSSR count). The lowest BCUT2D eigenvalue weighted by Gasteiger charge is -2.18. The van der Waals surface area contributed by atoms with Gasteiger partial charge in [0.05, 0.1) is 10.5 Å². The molecule has 2 aromatic carbocycles. The summed E-state index contributed by atoms with van der Waals surface area (Å²) in [5.41, 5.74) is 0.301. The average molecular weight is 494 g/mol. The van der Waals surface area contributed by atoms with Crippen LogP contribution in [0.3, 0.4) is 0 Å². The lowest BCUT2D eigenvalue weighted by atomic mass is 10.1. The van der Waals surface area contributed by atoms with Gasteiger partial charge in [0, 0.05) is 16.1 Å². The second-order valence-electron chi connectivity index (χ2n) is 6.19. The van der Waals surface area contributed by atoms with Crippen LogP contribution in [0.25, 0.3) is 0 Å². The summed E-state index contributed by atoms with van der Waals surface area (Å²) in [5.74, 6) is -0.941. The van der Waals surface area contributed by atoms with E-state index in [1.165, 1.54) is 18.2 Å². The summed E-state index contributed by atoms with van der Waals surface area (Å²) in [6, 6.07) is 13.5. The smallest absolute Gasteiger partial charge is 0.340 e. The first kappa shape index (κ1) is 21.7. The minimum atomic E-state index is -4.04. The Kier molecular flexibility index (Phi) is 6.34. The van der Waals surface area contributed by atoms with Crippen LogP contribution in [0.1, 0.15) is 27.8 Å². The second-order valence-corrected chi connectivity index (χ2v) is 8.61. The number of nitrogens with two attached hydrogens (primary N) is 1. The van der Waals surface area contributed by atoms with Crippen molar-refractivity contribution >= 4 is 43.6 Å². The molecule has 1 aromatic heterocycles. The minimum Gasteiger partial charge on any atom is -0.444 e. The van der Waals surface area contributed by atoms with Gasteiger partial charge in [-0.3, -0.25) is 4.79 Å². The SMILES string of the molecule is Cc1cc(NC(=O)C(OC(=O)c2cc(S(N)(=O)=O)ccc2Br)c2ccccc2)no1. The maximum absolute atomic E-state index is 12.8. The minimum absolute atomic E-state index is 0.104. The number of ether oxygens (including phenoxy) is 1. The molecule has 0 aliphatic carbocycles.